The second kappa shape index (κ2) is 6.12. The molecule has 1 aliphatic heterocycles. The number of nitrogens with one attached hydrogen (secondary N) is 2. The van der Waals surface area contributed by atoms with E-state index in [1.165, 1.54) is 12.1 Å². The second-order valence-corrected chi connectivity index (χ2v) is 6.00. The summed E-state index contributed by atoms with van der Waals surface area (Å²) in [6.07, 6.45) is 1.55. The van der Waals surface area contributed by atoms with E-state index >= 15 is 0 Å². The largest absolute Gasteiger partial charge is 0.329 e. The van der Waals surface area contributed by atoms with E-state index in [2.05, 4.69) is 10.6 Å². The summed E-state index contributed by atoms with van der Waals surface area (Å²) in [6, 6.07) is 3.80. The highest BCUT2D eigenvalue weighted by atomic mass is 35.5. The molecule has 3 rings (SSSR count). The van der Waals surface area contributed by atoms with Crippen molar-refractivity contribution < 1.29 is 18.8 Å². The predicted octanol–water partition coefficient (Wildman–Crippen LogP) is 2.56. The van der Waals surface area contributed by atoms with Gasteiger partial charge in [-0.2, -0.15) is 0 Å². The molecule has 5 nitrogen and oxygen atoms in total. The molecule has 2 N–H and O–H groups in total. The maximum absolute atomic E-state index is 13.2. The van der Waals surface area contributed by atoms with E-state index in [1.54, 1.807) is 0 Å². The standard InChI is InChI=1S/C16H14ClFN2O3/c17-10-6-8(4-5-11(10)18)19-16(23)9-7-14(22)20-12-2-1-3-13(21)15(9)12/h4-6,9H,1-3,7H2,(H,19,23)(H,20,22)/t9-/m1/s1. The molecule has 7 heteroatoms. The molecule has 0 unspecified atom stereocenters. The molecule has 2 aliphatic rings. The zero-order valence-electron chi connectivity index (χ0n) is 12.1. The van der Waals surface area contributed by atoms with Gasteiger partial charge >= 0.3 is 0 Å². The van der Waals surface area contributed by atoms with Gasteiger partial charge in [0.25, 0.3) is 0 Å². The van der Waals surface area contributed by atoms with Crippen molar-refractivity contribution in [3.8, 4) is 0 Å². The van der Waals surface area contributed by atoms with Gasteiger partial charge in [-0.15, -0.1) is 0 Å². The van der Waals surface area contributed by atoms with E-state index in [4.69, 9.17) is 11.6 Å². The first kappa shape index (κ1) is 15.7. The van der Waals surface area contributed by atoms with Crippen molar-refractivity contribution in [3.63, 3.8) is 0 Å². The third kappa shape index (κ3) is 3.12. The Balaban J connectivity index is 1.86. The SMILES string of the molecule is O=C1C[C@@H](C(=O)Nc2ccc(F)c(Cl)c2)C2=C(CCCC2=O)N1. The molecular formula is C16H14ClFN2O3. The summed E-state index contributed by atoms with van der Waals surface area (Å²) in [5.74, 6) is -2.27. The van der Waals surface area contributed by atoms with Crippen molar-refractivity contribution in [1.82, 2.24) is 5.32 Å². The van der Waals surface area contributed by atoms with E-state index in [9.17, 15) is 18.8 Å². The summed E-state index contributed by atoms with van der Waals surface area (Å²) >= 11 is 5.69. The Morgan fingerprint density at radius 1 is 1.30 bits per heavy atom. The lowest BCUT2D eigenvalue weighted by atomic mass is 9.81. The van der Waals surface area contributed by atoms with Crippen LogP contribution in [0, 0.1) is 11.7 Å². The topological polar surface area (TPSA) is 75.3 Å². The van der Waals surface area contributed by atoms with Crippen LogP contribution in [-0.4, -0.2) is 17.6 Å². The van der Waals surface area contributed by atoms with Crippen LogP contribution in [0.1, 0.15) is 25.7 Å². The molecule has 120 valence electrons. The molecule has 1 aromatic rings. The Kier molecular flexibility index (Phi) is 4.17. The average Bonchev–Trinajstić information content (AvgIpc) is 2.50. The Morgan fingerprint density at radius 2 is 2.09 bits per heavy atom. The van der Waals surface area contributed by atoms with Crippen molar-refractivity contribution in [1.29, 1.82) is 0 Å². The number of anilines is 1. The van der Waals surface area contributed by atoms with Gasteiger partial charge in [0, 0.05) is 29.8 Å². The highest BCUT2D eigenvalue weighted by molar-refractivity contribution is 6.31. The average molecular weight is 337 g/mol. The van der Waals surface area contributed by atoms with Gasteiger partial charge in [-0.1, -0.05) is 11.6 Å². The molecule has 2 amide bonds. The molecule has 23 heavy (non-hydrogen) atoms. The van der Waals surface area contributed by atoms with Crippen molar-refractivity contribution >= 4 is 34.9 Å². The van der Waals surface area contributed by atoms with Crippen molar-refractivity contribution in [2.45, 2.75) is 25.7 Å². The van der Waals surface area contributed by atoms with Gasteiger partial charge in [0.2, 0.25) is 11.8 Å². The minimum absolute atomic E-state index is 0.0780. The minimum Gasteiger partial charge on any atom is -0.329 e. The maximum atomic E-state index is 13.2. The number of halogens is 2. The van der Waals surface area contributed by atoms with Crippen LogP contribution >= 0.6 is 11.6 Å². The molecule has 1 aliphatic carbocycles. The van der Waals surface area contributed by atoms with Crippen molar-refractivity contribution in [2.75, 3.05) is 5.32 Å². The van der Waals surface area contributed by atoms with E-state index in [0.717, 1.165) is 6.07 Å². The van der Waals surface area contributed by atoms with Crippen LogP contribution in [0.15, 0.2) is 29.5 Å². The number of allylic oxidation sites excluding steroid dienone is 1. The number of ketones is 1. The lowest BCUT2D eigenvalue weighted by Gasteiger charge is -2.30. The lowest BCUT2D eigenvalue weighted by Crippen LogP contribution is -2.41. The van der Waals surface area contributed by atoms with Gasteiger partial charge in [0.05, 0.1) is 10.9 Å². The first-order valence-corrected chi connectivity index (χ1v) is 7.65. The molecule has 0 bridgehead atoms. The van der Waals surface area contributed by atoms with Crippen LogP contribution in [0.3, 0.4) is 0 Å². The van der Waals surface area contributed by atoms with E-state index in [1.807, 2.05) is 0 Å². The third-order valence-electron chi connectivity index (χ3n) is 3.99. The second-order valence-electron chi connectivity index (χ2n) is 5.59. The van der Waals surface area contributed by atoms with Crippen LogP contribution < -0.4 is 10.6 Å². The molecule has 0 radical (unpaired) electrons. The number of carbonyl (C=O) groups is 3. The maximum Gasteiger partial charge on any atom is 0.232 e. The Morgan fingerprint density at radius 3 is 2.83 bits per heavy atom. The van der Waals surface area contributed by atoms with Gasteiger partial charge in [0.15, 0.2) is 5.78 Å². The summed E-state index contributed by atoms with van der Waals surface area (Å²) < 4.78 is 13.2. The highest BCUT2D eigenvalue weighted by Gasteiger charge is 2.37. The normalized spacial score (nSPS) is 20.9. The van der Waals surface area contributed by atoms with Crippen LogP contribution in [-0.2, 0) is 14.4 Å². The van der Waals surface area contributed by atoms with Gasteiger partial charge in [-0.05, 0) is 31.0 Å². The lowest BCUT2D eigenvalue weighted by molar-refractivity contribution is -0.128. The zero-order chi connectivity index (χ0) is 16.6. The zero-order valence-corrected chi connectivity index (χ0v) is 12.9. The van der Waals surface area contributed by atoms with Gasteiger partial charge < -0.3 is 10.6 Å². The summed E-state index contributed by atoms with van der Waals surface area (Å²) in [5, 5.41) is 5.17. The smallest absolute Gasteiger partial charge is 0.232 e. The molecular weight excluding hydrogens is 323 g/mol. The first-order chi connectivity index (χ1) is 11.0. The van der Waals surface area contributed by atoms with Crippen LogP contribution in [0.2, 0.25) is 5.02 Å². The predicted molar refractivity (Wildman–Crippen MR) is 82.2 cm³/mol. The first-order valence-electron chi connectivity index (χ1n) is 7.27. The van der Waals surface area contributed by atoms with E-state index in [-0.39, 0.29) is 23.1 Å². The summed E-state index contributed by atoms with van der Waals surface area (Å²) in [4.78, 5) is 36.4. The number of amides is 2. The third-order valence-corrected chi connectivity index (χ3v) is 4.28. The molecule has 0 aromatic heterocycles. The quantitative estimate of drug-likeness (QED) is 0.871. The van der Waals surface area contributed by atoms with Crippen molar-refractivity contribution in [2.24, 2.45) is 5.92 Å². The molecule has 0 spiro atoms. The number of hydrogen-bond acceptors (Lipinski definition) is 3. The molecule has 0 fully saturated rings. The fourth-order valence-corrected chi connectivity index (χ4v) is 3.11. The number of Topliss-reactive ketones (excluding diaryl/α,β-unsaturated/α-hetero) is 1. The van der Waals surface area contributed by atoms with Gasteiger partial charge in [-0.3, -0.25) is 14.4 Å². The Bertz CT molecular complexity index is 745. The Labute approximate surface area is 136 Å². The Hall–Kier alpha value is -2.21. The van der Waals surface area contributed by atoms with Gasteiger partial charge in [0.1, 0.15) is 5.82 Å². The van der Waals surface area contributed by atoms with E-state index < -0.39 is 17.6 Å². The van der Waals surface area contributed by atoms with Crippen LogP contribution in [0.4, 0.5) is 10.1 Å². The van der Waals surface area contributed by atoms with E-state index in [0.29, 0.717) is 36.2 Å². The molecule has 1 atom stereocenters. The fraction of sp³-hybridized carbons (Fsp3) is 0.312. The summed E-state index contributed by atoms with van der Waals surface area (Å²) in [5.41, 5.74) is 1.26. The summed E-state index contributed by atoms with van der Waals surface area (Å²) in [6.45, 7) is 0. The number of benzene rings is 1. The van der Waals surface area contributed by atoms with Crippen LogP contribution in [0.5, 0.6) is 0 Å². The monoisotopic (exact) mass is 336 g/mol. The summed E-state index contributed by atoms with van der Waals surface area (Å²) in [7, 11) is 0. The highest BCUT2D eigenvalue weighted by Crippen LogP contribution is 2.32. The molecule has 1 heterocycles. The molecule has 0 saturated carbocycles. The minimum atomic E-state index is -0.824. The number of hydrogen-bond donors (Lipinski definition) is 2. The molecule has 0 saturated heterocycles. The number of rotatable bonds is 2. The van der Waals surface area contributed by atoms with Crippen LogP contribution in [0.25, 0.3) is 0 Å². The van der Waals surface area contributed by atoms with Gasteiger partial charge in [-0.25, -0.2) is 4.39 Å². The number of carbonyl (C=O) groups excluding carboxylic acids is 3. The fourth-order valence-electron chi connectivity index (χ4n) is 2.93. The molecule has 1 aromatic carbocycles. The van der Waals surface area contributed by atoms with Crippen molar-refractivity contribution in [3.05, 3.63) is 40.3 Å².